The normalized spacial score (nSPS) is 12.3. The van der Waals surface area contributed by atoms with Crippen molar-refractivity contribution >= 4 is 22.4 Å². The van der Waals surface area contributed by atoms with Gasteiger partial charge in [0.1, 0.15) is 6.04 Å². The fourth-order valence-corrected chi connectivity index (χ4v) is 2.61. The Kier molecular flexibility index (Phi) is 4.68. The topological polar surface area (TPSA) is 75.1 Å². The molecule has 2 aromatic heterocycles. The van der Waals surface area contributed by atoms with E-state index in [9.17, 15) is 9.90 Å². The highest BCUT2D eigenvalue weighted by atomic mass is 32.1. The van der Waals surface area contributed by atoms with Crippen LogP contribution in [-0.2, 0) is 4.79 Å². The van der Waals surface area contributed by atoms with E-state index in [-0.39, 0.29) is 0 Å². The third-order valence-corrected chi connectivity index (χ3v) is 3.56. The molecule has 5 nitrogen and oxygen atoms in total. The predicted octanol–water partition coefficient (Wildman–Crippen LogP) is 3.12. The van der Waals surface area contributed by atoms with E-state index in [1.807, 2.05) is 31.4 Å². The summed E-state index contributed by atoms with van der Waals surface area (Å²) in [6.07, 6.45) is 3.99. The van der Waals surface area contributed by atoms with Crippen LogP contribution in [0.2, 0.25) is 0 Å². The Hall–Kier alpha value is -1.95. The first-order valence-electron chi connectivity index (χ1n) is 6.41. The van der Waals surface area contributed by atoms with Crippen LogP contribution in [0, 0.1) is 5.92 Å². The number of hydrogen-bond acceptors (Lipinski definition) is 5. The summed E-state index contributed by atoms with van der Waals surface area (Å²) >= 11 is 1.41. The molecule has 0 amide bonds. The monoisotopic (exact) mass is 291 g/mol. The number of thiazole rings is 1. The summed E-state index contributed by atoms with van der Waals surface area (Å²) in [6.45, 7) is 4.00. The van der Waals surface area contributed by atoms with Crippen LogP contribution in [0.5, 0.6) is 0 Å². The summed E-state index contributed by atoms with van der Waals surface area (Å²) in [4.78, 5) is 19.6. The zero-order valence-corrected chi connectivity index (χ0v) is 12.2. The molecule has 0 saturated carbocycles. The van der Waals surface area contributed by atoms with Crippen LogP contribution >= 0.6 is 11.3 Å². The molecule has 0 aliphatic heterocycles. The molecular formula is C14H17N3O2S. The molecule has 0 aromatic carbocycles. The van der Waals surface area contributed by atoms with Gasteiger partial charge in [0, 0.05) is 23.3 Å². The molecule has 2 aromatic rings. The first kappa shape index (κ1) is 14.5. The molecule has 0 aliphatic rings. The van der Waals surface area contributed by atoms with Crippen LogP contribution in [0.1, 0.15) is 20.3 Å². The van der Waals surface area contributed by atoms with E-state index in [2.05, 4.69) is 15.3 Å². The Morgan fingerprint density at radius 1 is 1.40 bits per heavy atom. The lowest BCUT2D eigenvalue weighted by Crippen LogP contribution is -2.30. The molecule has 20 heavy (non-hydrogen) atoms. The third-order valence-electron chi connectivity index (χ3n) is 2.78. The summed E-state index contributed by atoms with van der Waals surface area (Å²) in [5.41, 5.74) is 1.80. The molecular weight excluding hydrogens is 274 g/mol. The smallest absolute Gasteiger partial charge is 0.326 e. The van der Waals surface area contributed by atoms with E-state index >= 15 is 0 Å². The van der Waals surface area contributed by atoms with Crippen molar-refractivity contribution in [3.63, 3.8) is 0 Å². The molecule has 0 bridgehead atoms. The standard InChI is InChI=1S/C14H17N3O2S/c1-9(2)7-11(13(18)19)16-14-17-12(8-20-14)10-3-5-15-6-4-10/h3-6,8-9,11H,7H2,1-2H3,(H,16,17)(H,18,19). The number of aromatic nitrogens is 2. The Morgan fingerprint density at radius 2 is 2.10 bits per heavy atom. The lowest BCUT2D eigenvalue weighted by atomic mass is 10.0. The molecule has 0 aliphatic carbocycles. The molecule has 2 heterocycles. The van der Waals surface area contributed by atoms with Crippen molar-refractivity contribution in [1.29, 1.82) is 0 Å². The molecule has 0 fully saturated rings. The van der Waals surface area contributed by atoms with Gasteiger partial charge in [0.15, 0.2) is 5.13 Å². The van der Waals surface area contributed by atoms with Gasteiger partial charge in [0.25, 0.3) is 0 Å². The summed E-state index contributed by atoms with van der Waals surface area (Å²) < 4.78 is 0. The predicted molar refractivity (Wildman–Crippen MR) is 79.8 cm³/mol. The van der Waals surface area contributed by atoms with Crippen molar-refractivity contribution in [3.05, 3.63) is 29.9 Å². The summed E-state index contributed by atoms with van der Waals surface area (Å²) in [5.74, 6) is -0.539. The second kappa shape index (κ2) is 6.47. The SMILES string of the molecule is CC(C)CC(Nc1nc(-c2ccncc2)cs1)C(=O)O. The van der Waals surface area contributed by atoms with E-state index in [0.29, 0.717) is 17.5 Å². The molecule has 0 saturated heterocycles. The van der Waals surface area contributed by atoms with Crippen LogP contribution < -0.4 is 5.32 Å². The number of nitrogens with zero attached hydrogens (tertiary/aromatic N) is 2. The minimum Gasteiger partial charge on any atom is -0.480 e. The van der Waals surface area contributed by atoms with Crippen molar-refractivity contribution < 1.29 is 9.90 Å². The Labute approximate surface area is 121 Å². The van der Waals surface area contributed by atoms with Crippen LogP contribution in [0.4, 0.5) is 5.13 Å². The zero-order chi connectivity index (χ0) is 14.5. The van der Waals surface area contributed by atoms with Gasteiger partial charge in [-0.05, 0) is 24.5 Å². The van der Waals surface area contributed by atoms with Crippen molar-refractivity contribution in [2.24, 2.45) is 5.92 Å². The van der Waals surface area contributed by atoms with Gasteiger partial charge < -0.3 is 10.4 Å². The second-order valence-electron chi connectivity index (χ2n) is 4.94. The van der Waals surface area contributed by atoms with Gasteiger partial charge in [-0.15, -0.1) is 11.3 Å². The number of rotatable bonds is 6. The van der Waals surface area contributed by atoms with Gasteiger partial charge in [-0.2, -0.15) is 0 Å². The molecule has 2 N–H and O–H groups in total. The first-order valence-corrected chi connectivity index (χ1v) is 7.29. The minimum absolute atomic E-state index is 0.309. The minimum atomic E-state index is -0.848. The zero-order valence-electron chi connectivity index (χ0n) is 11.4. The summed E-state index contributed by atoms with van der Waals surface area (Å²) in [5, 5.41) is 14.7. The van der Waals surface area contributed by atoms with Gasteiger partial charge >= 0.3 is 5.97 Å². The van der Waals surface area contributed by atoms with Crippen LogP contribution in [0.15, 0.2) is 29.9 Å². The number of carboxylic acid groups (broad SMARTS) is 1. The number of pyridine rings is 1. The van der Waals surface area contributed by atoms with Gasteiger partial charge in [-0.25, -0.2) is 9.78 Å². The van der Waals surface area contributed by atoms with E-state index in [1.165, 1.54) is 11.3 Å². The maximum Gasteiger partial charge on any atom is 0.326 e. The van der Waals surface area contributed by atoms with Gasteiger partial charge in [0.05, 0.1) is 5.69 Å². The third kappa shape index (κ3) is 3.77. The van der Waals surface area contributed by atoms with Crippen molar-refractivity contribution in [2.45, 2.75) is 26.3 Å². The summed E-state index contributed by atoms with van der Waals surface area (Å²) in [6, 6.07) is 3.15. The number of aliphatic carboxylic acids is 1. The number of carbonyl (C=O) groups is 1. The lowest BCUT2D eigenvalue weighted by molar-refractivity contribution is -0.138. The highest BCUT2D eigenvalue weighted by molar-refractivity contribution is 7.14. The highest BCUT2D eigenvalue weighted by Crippen LogP contribution is 2.25. The molecule has 1 unspecified atom stereocenters. The average Bonchev–Trinajstić information content (AvgIpc) is 2.87. The fourth-order valence-electron chi connectivity index (χ4n) is 1.84. The highest BCUT2D eigenvalue weighted by Gasteiger charge is 2.19. The Morgan fingerprint density at radius 3 is 2.70 bits per heavy atom. The van der Waals surface area contributed by atoms with Gasteiger partial charge in [-0.1, -0.05) is 13.8 Å². The maximum absolute atomic E-state index is 11.2. The van der Waals surface area contributed by atoms with Crippen LogP contribution in [-0.4, -0.2) is 27.1 Å². The molecule has 106 valence electrons. The molecule has 1 atom stereocenters. The number of nitrogens with one attached hydrogen (secondary N) is 1. The molecule has 6 heteroatoms. The Balaban J connectivity index is 2.10. The second-order valence-corrected chi connectivity index (χ2v) is 5.80. The molecule has 2 rings (SSSR count). The largest absolute Gasteiger partial charge is 0.480 e. The lowest BCUT2D eigenvalue weighted by Gasteiger charge is -2.15. The molecule has 0 spiro atoms. The van der Waals surface area contributed by atoms with E-state index in [4.69, 9.17) is 0 Å². The van der Waals surface area contributed by atoms with E-state index in [1.54, 1.807) is 12.4 Å². The fraction of sp³-hybridized carbons (Fsp3) is 0.357. The average molecular weight is 291 g/mol. The molecule has 0 radical (unpaired) electrons. The number of anilines is 1. The van der Waals surface area contributed by atoms with Crippen LogP contribution in [0.25, 0.3) is 11.3 Å². The van der Waals surface area contributed by atoms with Crippen LogP contribution in [0.3, 0.4) is 0 Å². The number of hydrogen-bond donors (Lipinski definition) is 2. The van der Waals surface area contributed by atoms with E-state index < -0.39 is 12.0 Å². The van der Waals surface area contributed by atoms with Gasteiger partial charge in [-0.3, -0.25) is 4.98 Å². The first-order chi connectivity index (χ1) is 9.56. The quantitative estimate of drug-likeness (QED) is 0.855. The van der Waals surface area contributed by atoms with Crippen molar-refractivity contribution in [2.75, 3.05) is 5.32 Å². The number of carboxylic acids is 1. The van der Waals surface area contributed by atoms with Crippen molar-refractivity contribution in [1.82, 2.24) is 9.97 Å². The maximum atomic E-state index is 11.2. The van der Waals surface area contributed by atoms with Gasteiger partial charge in [0.2, 0.25) is 0 Å². The van der Waals surface area contributed by atoms with E-state index in [0.717, 1.165) is 11.3 Å². The van der Waals surface area contributed by atoms with Crippen molar-refractivity contribution in [3.8, 4) is 11.3 Å². The Bertz CT molecular complexity index is 569. The summed E-state index contributed by atoms with van der Waals surface area (Å²) in [7, 11) is 0.